The monoisotopic (exact) mass is 224 g/mol. The Kier molecular flexibility index (Phi) is 3.26. The van der Waals surface area contributed by atoms with Crippen molar-refractivity contribution in [3.63, 3.8) is 0 Å². The van der Waals surface area contributed by atoms with Crippen LogP contribution in [-0.4, -0.2) is 54.9 Å². The van der Waals surface area contributed by atoms with E-state index in [1.165, 1.54) is 5.06 Å². The number of nitrogens with zero attached hydrogens (tertiary/aromatic N) is 2. The normalized spacial score (nSPS) is 27.7. The Balaban J connectivity index is 2.05. The molecule has 2 bridgehead atoms. The van der Waals surface area contributed by atoms with E-state index in [1.807, 2.05) is 12.2 Å². The van der Waals surface area contributed by atoms with E-state index in [1.54, 1.807) is 18.1 Å². The van der Waals surface area contributed by atoms with Crippen molar-refractivity contribution in [1.29, 1.82) is 0 Å². The molecule has 2 amide bonds. The lowest BCUT2D eigenvalue weighted by atomic mass is 10.1. The third-order valence-electron chi connectivity index (χ3n) is 2.74. The number of rotatable bonds is 5. The number of amides is 2. The summed E-state index contributed by atoms with van der Waals surface area (Å²) in [4.78, 5) is 19.1. The zero-order valence-corrected chi connectivity index (χ0v) is 9.33. The van der Waals surface area contributed by atoms with Crippen molar-refractivity contribution < 1.29 is 14.4 Å². The Labute approximate surface area is 94.9 Å². The number of methoxy groups -OCH3 is 1. The minimum Gasteiger partial charge on any atom is -0.382 e. The maximum Gasteiger partial charge on any atom is 0.345 e. The predicted octanol–water partition coefficient (Wildman–Crippen LogP) is 0.795. The van der Waals surface area contributed by atoms with Gasteiger partial charge in [-0.2, -0.15) is 5.06 Å². The quantitative estimate of drug-likeness (QED) is 0.648. The van der Waals surface area contributed by atoms with Crippen molar-refractivity contribution in [3.05, 3.63) is 24.8 Å². The fraction of sp³-hybridized carbons (Fsp3) is 0.545. The summed E-state index contributed by atoms with van der Waals surface area (Å²) in [6.45, 7) is 5.09. The van der Waals surface area contributed by atoms with Crippen LogP contribution in [0.4, 0.5) is 4.79 Å². The van der Waals surface area contributed by atoms with E-state index < -0.39 is 0 Å². The first-order valence-electron chi connectivity index (χ1n) is 5.29. The van der Waals surface area contributed by atoms with Crippen LogP contribution in [0, 0.1) is 0 Å². The van der Waals surface area contributed by atoms with Crippen LogP contribution in [0.2, 0.25) is 0 Å². The minimum absolute atomic E-state index is 0.0144. The lowest BCUT2D eigenvalue weighted by Crippen LogP contribution is -2.40. The summed E-state index contributed by atoms with van der Waals surface area (Å²) in [6.07, 6.45) is 5.61. The summed E-state index contributed by atoms with van der Waals surface area (Å²) in [7, 11) is 1.63. The molecule has 2 atom stereocenters. The molecule has 0 spiro atoms. The lowest BCUT2D eigenvalue weighted by molar-refractivity contribution is -0.107. The van der Waals surface area contributed by atoms with E-state index in [2.05, 4.69) is 6.58 Å². The van der Waals surface area contributed by atoms with Gasteiger partial charge in [0.05, 0.1) is 25.3 Å². The average Bonchev–Trinajstić information content (AvgIpc) is 2.54. The lowest BCUT2D eigenvalue weighted by Gasteiger charge is -2.25. The average molecular weight is 224 g/mol. The number of ether oxygens (including phenoxy) is 1. The molecule has 0 N–H and O–H groups in total. The Morgan fingerprint density at radius 2 is 2.44 bits per heavy atom. The van der Waals surface area contributed by atoms with E-state index in [9.17, 15) is 4.79 Å². The molecule has 2 heterocycles. The highest BCUT2D eigenvalue weighted by molar-refractivity contribution is 5.78. The van der Waals surface area contributed by atoms with Gasteiger partial charge in [-0.3, -0.25) is 4.84 Å². The highest BCUT2D eigenvalue weighted by Crippen LogP contribution is 2.25. The highest BCUT2D eigenvalue weighted by atomic mass is 16.7. The summed E-state index contributed by atoms with van der Waals surface area (Å²) < 4.78 is 5.08. The number of hydrogen-bond donors (Lipinski definition) is 0. The molecule has 0 aromatic carbocycles. The zero-order chi connectivity index (χ0) is 11.5. The fourth-order valence-electron chi connectivity index (χ4n) is 2.00. The first kappa shape index (κ1) is 11.2. The number of urea groups is 1. The van der Waals surface area contributed by atoms with Crippen molar-refractivity contribution >= 4 is 6.03 Å². The van der Waals surface area contributed by atoms with E-state index in [4.69, 9.17) is 9.57 Å². The summed E-state index contributed by atoms with van der Waals surface area (Å²) >= 11 is 0. The summed E-state index contributed by atoms with van der Waals surface area (Å²) in [6, 6.07) is -0.0643. The van der Waals surface area contributed by atoms with Crippen LogP contribution < -0.4 is 0 Å². The van der Waals surface area contributed by atoms with Gasteiger partial charge in [-0.05, 0) is 0 Å². The van der Waals surface area contributed by atoms with Crippen molar-refractivity contribution in [3.8, 4) is 0 Å². The SMILES string of the molecule is C=CCON1C(=O)N2C[C@H]1C=C[C@H]2COC. The molecule has 0 saturated carbocycles. The number of carbonyl (C=O) groups is 1. The molecule has 0 aliphatic carbocycles. The van der Waals surface area contributed by atoms with Crippen LogP contribution >= 0.6 is 0 Å². The summed E-state index contributed by atoms with van der Waals surface area (Å²) in [5.74, 6) is 0. The van der Waals surface area contributed by atoms with E-state index in [-0.39, 0.29) is 18.1 Å². The zero-order valence-electron chi connectivity index (χ0n) is 9.33. The standard InChI is InChI=1S/C11H16N2O3/c1-3-6-16-13-9-4-5-10(8-15-2)12(7-9)11(13)14/h3-5,9-10H,1,6-8H2,2H3/t9-,10+/m1/s1. The molecule has 5 heteroatoms. The van der Waals surface area contributed by atoms with Crippen LogP contribution in [-0.2, 0) is 9.57 Å². The highest BCUT2D eigenvalue weighted by Gasteiger charge is 2.42. The maximum absolute atomic E-state index is 12.0. The molecular formula is C11H16N2O3. The van der Waals surface area contributed by atoms with Crippen LogP contribution in [0.15, 0.2) is 24.8 Å². The van der Waals surface area contributed by atoms with Gasteiger partial charge >= 0.3 is 6.03 Å². The van der Waals surface area contributed by atoms with Crippen molar-refractivity contribution in [1.82, 2.24) is 9.96 Å². The summed E-state index contributed by atoms with van der Waals surface area (Å²) in [5, 5.41) is 1.41. The third-order valence-corrected chi connectivity index (χ3v) is 2.74. The molecule has 2 aliphatic heterocycles. The molecule has 0 unspecified atom stereocenters. The van der Waals surface area contributed by atoms with Crippen LogP contribution in [0.3, 0.4) is 0 Å². The minimum atomic E-state index is -0.0982. The predicted molar refractivity (Wildman–Crippen MR) is 58.7 cm³/mol. The van der Waals surface area contributed by atoms with Gasteiger partial charge in [-0.25, -0.2) is 4.79 Å². The molecule has 0 aromatic rings. The van der Waals surface area contributed by atoms with Gasteiger partial charge in [0.15, 0.2) is 0 Å². The molecule has 0 radical (unpaired) electrons. The molecule has 88 valence electrons. The molecule has 1 fully saturated rings. The summed E-state index contributed by atoms with van der Waals surface area (Å²) in [5.41, 5.74) is 0. The van der Waals surface area contributed by atoms with E-state index in [0.717, 1.165) is 0 Å². The molecule has 16 heavy (non-hydrogen) atoms. The second-order valence-corrected chi connectivity index (χ2v) is 3.82. The van der Waals surface area contributed by atoms with Gasteiger partial charge in [0.2, 0.25) is 0 Å². The van der Waals surface area contributed by atoms with Crippen LogP contribution in [0.25, 0.3) is 0 Å². The first-order valence-corrected chi connectivity index (χ1v) is 5.29. The van der Waals surface area contributed by atoms with E-state index >= 15 is 0 Å². The maximum atomic E-state index is 12.0. The second kappa shape index (κ2) is 4.67. The first-order chi connectivity index (χ1) is 7.77. The Bertz CT molecular complexity index is 316. The molecule has 5 nitrogen and oxygen atoms in total. The van der Waals surface area contributed by atoms with Gasteiger partial charge in [-0.15, -0.1) is 6.58 Å². The number of fused-ring (bicyclic) bond motifs is 2. The Morgan fingerprint density at radius 1 is 1.62 bits per heavy atom. The third kappa shape index (κ3) is 1.83. The molecule has 0 aromatic heterocycles. The number of hydrogen-bond acceptors (Lipinski definition) is 3. The van der Waals surface area contributed by atoms with Crippen LogP contribution in [0.5, 0.6) is 0 Å². The van der Waals surface area contributed by atoms with Gasteiger partial charge in [0.25, 0.3) is 0 Å². The van der Waals surface area contributed by atoms with Gasteiger partial charge in [0.1, 0.15) is 0 Å². The number of hydroxylamine groups is 2. The van der Waals surface area contributed by atoms with Crippen LogP contribution in [0.1, 0.15) is 0 Å². The second-order valence-electron chi connectivity index (χ2n) is 3.82. The van der Waals surface area contributed by atoms with Gasteiger partial charge in [0, 0.05) is 13.7 Å². The van der Waals surface area contributed by atoms with Gasteiger partial charge < -0.3 is 9.64 Å². The fourth-order valence-corrected chi connectivity index (χ4v) is 2.00. The van der Waals surface area contributed by atoms with Gasteiger partial charge in [-0.1, -0.05) is 18.2 Å². The Morgan fingerprint density at radius 3 is 3.12 bits per heavy atom. The molecule has 2 rings (SSSR count). The van der Waals surface area contributed by atoms with Crippen molar-refractivity contribution in [2.45, 2.75) is 12.1 Å². The molecular weight excluding hydrogens is 208 g/mol. The van der Waals surface area contributed by atoms with E-state index in [0.29, 0.717) is 19.8 Å². The topological polar surface area (TPSA) is 42.0 Å². The Hall–Kier alpha value is -1.33. The smallest absolute Gasteiger partial charge is 0.345 e. The van der Waals surface area contributed by atoms with Crippen molar-refractivity contribution in [2.24, 2.45) is 0 Å². The largest absolute Gasteiger partial charge is 0.382 e. The number of carbonyl (C=O) groups excluding carboxylic acids is 1. The molecule has 1 saturated heterocycles. The van der Waals surface area contributed by atoms with Crippen molar-refractivity contribution in [2.75, 3.05) is 26.9 Å². The molecule has 2 aliphatic rings.